The van der Waals surface area contributed by atoms with Gasteiger partial charge in [-0.3, -0.25) is 0 Å². The van der Waals surface area contributed by atoms with E-state index in [-0.39, 0.29) is 10.8 Å². The van der Waals surface area contributed by atoms with Crippen molar-refractivity contribution in [1.82, 2.24) is 0 Å². The van der Waals surface area contributed by atoms with Crippen LogP contribution in [0.3, 0.4) is 0 Å². The Morgan fingerprint density at radius 3 is 0.957 bits per heavy atom. The second kappa shape index (κ2) is 17.6. The SMILES string of the molecule is CC1(C)c2cc(/C=C/c3ccc(/C=C/c4ccc5c(c4)C(C)(C)c4cc(N(c6ccccc6)c6ccc(C#N)cc6)ccc4-5)cc3)ccc2-c2ccc(N(c3ccccc3)c3ccc(C#N)cc3)cc21. The van der Waals surface area contributed by atoms with Crippen LogP contribution < -0.4 is 9.80 Å². The number of benzene rings is 9. The molecule has 4 heteroatoms. The summed E-state index contributed by atoms with van der Waals surface area (Å²) < 4.78 is 0. The lowest BCUT2D eigenvalue weighted by Crippen LogP contribution is -2.16. The molecule has 0 radical (unpaired) electrons. The third-order valence-corrected chi connectivity index (χ3v) is 14.3. The highest BCUT2D eigenvalue weighted by molar-refractivity contribution is 5.89. The van der Waals surface area contributed by atoms with Gasteiger partial charge in [-0.2, -0.15) is 10.5 Å². The van der Waals surface area contributed by atoms with Crippen LogP contribution in [0.1, 0.15) is 83.3 Å². The Kier molecular flexibility index (Phi) is 11.0. The smallest absolute Gasteiger partial charge is 0.0991 e. The van der Waals surface area contributed by atoms with Gasteiger partial charge in [0.1, 0.15) is 0 Å². The fraction of sp³-hybridized carbons (Fsp3) is 0.0909. The summed E-state index contributed by atoms with van der Waals surface area (Å²) in [5, 5.41) is 18.9. The van der Waals surface area contributed by atoms with E-state index in [2.05, 4.69) is 220 Å². The summed E-state index contributed by atoms with van der Waals surface area (Å²) in [6.07, 6.45) is 8.84. The second-order valence-electron chi connectivity index (χ2n) is 19.3. The minimum atomic E-state index is -0.202. The van der Waals surface area contributed by atoms with Gasteiger partial charge in [0.25, 0.3) is 0 Å². The van der Waals surface area contributed by atoms with Crippen LogP contribution >= 0.6 is 0 Å². The fourth-order valence-corrected chi connectivity index (χ4v) is 10.5. The molecule has 0 saturated carbocycles. The molecule has 0 spiro atoms. The maximum atomic E-state index is 9.46. The van der Waals surface area contributed by atoms with Crippen LogP contribution in [0.4, 0.5) is 34.1 Å². The summed E-state index contributed by atoms with van der Waals surface area (Å²) in [4.78, 5) is 4.53. The Hall–Kier alpha value is -8.96. The molecule has 0 N–H and O–H groups in total. The Morgan fingerprint density at radius 1 is 0.314 bits per heavy atom. The molecule has 0 amide bonds. The van der Waals surface area contributed by atoms with Crippen LogP contribution in [0, 0.1) is 22.7 Å². The van der Waals surface area contributed by atoms with Gasteiger partial charge < -0.3 is 9.80 Å². The quantitative estimate of drug-likeness (QED) is 0.128. The number of nitrogens with zero attached hydrogens (tertiary/aromatic N) is 4. The number of para-hydroxylation sites is 2. The molecule has 0 aliphatic heterocycles. The van der Waals surface area contributed by atoms with Crippen molar-refractivity contribution in [2.45, 2.75) is 38.5 Å². The molecule has 2 aliphatic carbocycles. The fourth-order valence-electron chi connectivity index (χ4n) is 10.5. The van der Waals surface area contributed by atoms with E-state index in [4.69, 9.17) is 0 Å². The molecule has 0 aromatic heterocycles. The van der Waals surface area contributed by atoms with E-state index in [1.807, 2.05) is 60.7 Å². The van der Waals surface area contributed by atoms with E-state index in [9.17, 15) is 10.5 Å². The van der Waals surface area contributed by atoms with Gasteiger partial charge in [-0.05, 0) is 164 Å². The molecule has 9 aromatic rings. The van der Waals surface area contributed by atoms with E-state index in [0.29, 0.717) is 11.1 Å². The normalized spacial score (nSPS) is 13.5. The van der Waals surface area contributed by atoms with E-state index in [0.717, 1.165) is 45.3 Å². The lowest BCUT2D eigenvalue weighted by atomic mass is 9.81. The Morgan fingerprint density at radius 2 is 0.600 bits per heavy atom. The van der Waals surface area contributed by atoms with Crippen molar-refractivity contribution in [3.63, 3.8) is 0 Å². The predicted octanol–water partition coefficient (Wildman–Crippen LogP) is 17.3. The van der Waals surface area contributed by atoms with Crippen molar-refractivity contribution in [2.24, 2.45) is 0 Å². The zero-order valence-corrected chi connectivity index (χ0v) is 39.7. The average Bonchev–Trinajstić information content (AvgIpc) is 3.76. The number of fused-ring (bicyclic) bond motifs is 6. The molecular formula is C66H50N4. The number of rotatable bonds is 10. The van der Waals surface area contributed by atoms with Crippen molar-refractivity contribution in [2.75, 3.05) is 9.80 Å². The van der Waals surface area contributed by atoms with Gasteiger partial charge in [0.2, 0.25) is 0 Å². The lowest BCUT2D eigenvalue weighted by Gasteiger charge is -2.28. The van der Waals surface area contributed by atoms with Crippen molar-refractivity contribution >= 4 is 58.4 Å². The lowest BCUT2D eigenvalue weighted by molar-refractivity contribution is 0.660. The highest BCUT2D eigenvalue weighted by Crippen LogP contribution is 2.53. The summed E-state index contributed by atoms with van der Waals surface area (Å²) in [5.41, 5.74) is 22.2. The highest BCUT2D eigenvalue weighted by Gasteiger charge is 2.37. The van der Waals surface area contributed by atoms with Crippen LogP contribution in [0.25, 0.3) is 46.6 Å². The van der Waals surface area contributed by atoms with Gasteiger partial charge in [-0.1, -0.05) is 161 Å². The Bertz CT molecular complexity index is 3350. The maximum Gasteiger partial charge on any atom is 0.0991 e. The third-order valence-electron chi connectivity index (χ3n) is 14.3. The first kappa shape index (κ1) is 43.6. The summed E-state index contributed by atoms with van der Waals surface area (Å²) in [7, 11) is 0. The third kappa shape index (κ3) is 7.86. The van der Waals surface area contributed by atoms with Crippen LogP contribution in [0.5, 0.6) is 0 Å². The molecule has 0 bridgehead atoms. The molecule has 11 rings (SSSR count). The largest absolute Gasteiger partial charge is 0.310 e. The van der Waals surface area contributed by atoms with Crippen LogP contribution in [0.2, 0.25) is 0 Å². The first-order valence-electron chi connectivity index (χ1n) is 23.8. The molecule has 2 aliphatic rings. The zero-order valence-electron chi connectivity index (χ0n) is 39.7. The van der Waals surface area contributed by atoms with Crippen LogP contribution in [-0.4, -0.2) is 0 Å². The van der Waals surface area contributed by atoms with Crippen LogP contribution in [0.15, 0.2) is 206 Å². The van der Waals surface area contributed by atoms with Crippen molar-refractivity contribution in [1.29, 1.82) is 10.5 Å². The second-order valence-corrected chi connectivity index (χ2v) is 19.3. The standard InChI is InChI=1S/C66H50N4/c1-65(2)61-39-47(27-35-57(61)59-37-33-55(41-63(59)65)69(51-11-7-5-8-12-51)53-29-23-49(43-67)24-30-53)21-19-45-15-17-46(18-16-45)20-22-48-28-36-58-60-38-34-56(42-64(60)66(3,4)62(58)40-48)70(52-13-9-6-10-14-52)54-31-25-50(44-68)26-32-54/h5-42H,1-4H3/b21-19+,22-20+. The predicted molar refractivity (Wildman–Crippen MR) is 291 cm³/mol. The molecule has 4 nitrogen and oxygen atoms in total. The topological polar surface area (TPSA) is 54.1 Å². The Balaban J connectivity index is 0.796. The summed E-state index contributed by atoms with van der Waals surface area (Å²) in [6.45, 7) is 9.31. The van der Waals surface area contributed by atoms with Gasteiger partial charge in [0, 0.05) is 45.0 Å². The van der Waals surface area contributed by atoms with Gasteiger partial charge in [-0.15, -0.1) is 0 Å². The van der Waals surface area contributed by atoms with Crippen molar-refractivity contribution < 1.29 is 0 Å². The molecule has 0 unspecified atom stereocenters. The molecule has 0 heterocycles. The zero-order chi connectivity index (χ0) is 48.0. The monoisotopic (exact) mass is 898 g/mol. The molecule has 334 valence electrons. The van der Waals surface area contributed by atoms with E-state index < -0.39 is 0 Å². The molecule has 0 saturated heterocycles. The highest BCUT2D eigenvalue weighted by atomic mass is 15.1. The summed E-state index contributed by atoms with van der Waals surface area (Å²) in [5.74, 6) is 0. The number of hydrogen-bond donors (Lipinski definition) is 0. The number of nitriles is 2. The number of hydrogen-bond acceptors (Lipinski definition) is 4. The summed E-state index contributed by atoms with van der Waals surface area (Å²) >= 11 is 0. The van der Waals surface area contributed by atoms with E-state index in [1.54, 1.807) is 0 Å². The number of anilines is 6. The minimum absolute atomic E-state index is 0.202. The van der Waals surface area contributed by atoms with Gasteiger partial charge in [-0.25, -0.2) is 0 Å². The molecule has 0 atom stereocenters. The van der Waals surface area contributed by atoms with Crippen LogP contribution in [-0.2, 0) is 10.8 Å². The minimum Gasteiger partial charge on any atom is -0.310 e. The molecule has 70 heavy (non-hydrogen) atoms. The molecular weight excluding hydrogens is 849 g/mol. The van der Waals surface area contributed by atoms with E-state index in [1.165, 1.54) is 55.6 Å². The van der Waals surface area contributed by atoms with Crippen molar-refractivity contribution in [3.05, 3.63) is 262 Å². The first-order chi connectivity index (χ1) is 34.1. The maximum absolute atomic E-state index is 9.46. The van der Waals surface area contributed by atoms with Gasteiger partial charge >= 0.3 is 0 Å². The van der Waals surface area contributed by atoms with Gasteiger partial charge in [0.05, 0.1) is 23.3 Å². The molecule has 9 aromatic carbocycles. The summed E-state index contributed by atoms with van der Waals surface area (Å²) in [6, 6.07) is 77.1. The van der Waals surface area contributed by atoms with E-state index >= 15 is 0 Å². The van der Waals surface area contributed by atoms with Crippen molar-refractivity contribution in [3.8, 4) is 34.4 Å². The first-order valence-corrected chi connectivity index (χ1v) is 23.8. The molecule has 0 fully saturated rings. The van der Waals surface area contributed by atoms with Gasteiger partial charge in [0.15, 0.2) is 0 Å². The Labute approximate surface area is 411 Å². The average molecular weight is 899 g/mol.